The lowest BCUT2D eigenvalue weighted by Crippen LogP contribution is -2.31. The van der Waals surface area contributed by atoms with Gasteiger partial charge in [0.1, 0.15) is 6.10 Å². The van der Waals surface area contributed by atoms with Crippen LogP contribution in [0.15, 0.2) is 24.3 Å². The van der Waals surface area contributed by atoms with Crippen LogP contribution in [-0.4, -0.2) is 18.2 Å². The molecule has 3 atom stereocenters. The van der Waals surface area contributed by atoms with Crippen LogP contribution < -0.4 is 0 Å². The van der Waals surface area contributed by atoms with Crippen LogP contribution in [0.2, 0.25) is 0 Å². The third-order valence-electron chi connectivity index (χ3n) is 5.07. The summed E-state index contributed by atoms with van der Waals surface area (Å²) in [6.07, 6.45) is 6.06. The highest BCUT2D eigenvalue weighted by molar-refractivity contribution is 5.88. The molecular weight excluding hydrogens is 348 g/mol. The maximum Gasteiger partial charge on any atom is 0.543 e. The van der Waals surface area contributed by atoms with Gasteiger partial charge in [-0.3, -0.25) is 4.89 Å². The number of carbonyl (C=O) groups is 2. The van der Waals surface area contributed by atoms with Crippen molar-refractivity contribution >= 4 is 12.1 Å². The maximum atomic E-state index is 11.9. The first kappa shape index (κ1) is 21.2. The zero-order valence-electron chi connectivity index (χ0n) is 16.4. The highest BCUT2D eigenvalue weighted by Gasteiger charge is 2.29. The Morgan fingerprint density at radius 1 is 1.04 bits per heavy atom. The molecule has 1 aromatic carbocycles. The Bertz CT molecular complexity index is 597. The van der Waals surface area contributed by atoms with Gasteiger partial charge in [-0.1, -0.05) is 45.7 Å². The van der Waals surface area contributed by atoms with Crippen molar-refractivity contribution < 1.29 is 29.1 Å². The van der Waals surface area contributed by atoms with Crippen molar-refractivity contribution in [2.24, 2.45) is 11.8 Å². The van der Waals surface area contributed by atoms with Gasteiger partial charge in [-0.05, 0) is 61.6 Å². The van der Waals surface area contributed by atoms with Crippen molar-refractivity contribution in [2.45, 2.75) is 71.8 Å². The molecule has 6 heteroatoms. The fourth-order valence-corrected chi connectivity index (χ4v) is 3.47. The number of hydrogen-bond donors (Lipinski definition) is 0. The lowest BCUT2D eigenvalue weighted by molar-refractivity contribution is -0.453. The first-order valence-corrected chi connectivity index (χ1v) is 9.84. The monoisotopic (exact) mass is 378 g/mol. The molecule has 27 heavy (non-hydrogen) atoms. The van der Waals surface area contributed by atoms with Crippen LogP contribution in [0.25, 0.3) is 0 Å². The highest BCUT2D eigenvalue weighted by Crippen LogP contribution is 2.30. The molecule has 1 aliphatic rings. The van der Waals surface area contributed by atoms with Crippen molar-refractivity contribution in [3.8, 4) is 0 Å². The van der Waals surface area contributed by atoms with Crippen molar-refractivity contribution in [1.29, 1.82) is 0 Å². The Labute approximate surface area is 161 Å². The summed E-state index contributed by atoms with van der Waals surface area (Å²) in [6.45, 7) is 6.39. The van der Waals surface area contributed by atoms with Gasteiger partial charge >= 0.3 is 12.1 Å². The molecule has 0 saturated heterocycles. The minimum atomic E-state index is -1.000. The Hall–Kier alpha value is -2.08. The summed E-state index contributed by atoms with van der Waals surface area (Å²) in [5.74, 6) is 0.161. The van der Waals surface area contributed by atoms with E-state index in [4.69, 9.17) is 4.74 Å². The average molecular weight is 378 g/mol. The SMILES string of the molecule is CCCCCc1ccc(C(=O)OOOC(=O)OC2CCC(C)CC2C)cc1. The lowest BCUT2D eigenvalue weighted by atomic mass is 9.81. The molecule has 0 spiro atoms. The van der Waals surface area contributed by atoms with E-state index in [0.29, 0.717) is 11.5 Å². The number of benzene rings is 1. The van der Waals surface area contributed by atoms with E-state index in [-0.39, 0.29) is 12.0 Å². The number of unbranched alkanes of at least 4 members (excludes halogenated alkanes) is 2. The van der Waals surface area contributed by atoms with E-state index in [2.05, 4.69) is 28.7 Å². The largest absolute Gasteiger partial charge is 0.543 e. The van der Waals surface area contributed by atoms with Crippen LogP contribution in [0, 0.1) is 11.8 Å². The summed E-state index contributed by atoms with van der Waals surface area (Å²) in [5.41, 5.74) is 1.48. The third-order valence-corrected chi connectivity index (χ3v) is 5.07. The predicted octanol–water partition coefficient (Wildman–Crippen LogP) is 5.40. The quantitative estimate of drug-likeness (QED) is 0.261. The molecule has 0 N–H and O–H groups in total. The molecule has 1 fully saturated rings. The van der Waals surface area contributed by atoms with Gasteiger partial charge in [0, 0.05) is 0 Å². The topological polar surface area (TPSA) is 71.1 Å². The van der Waals surface area contributed by atoms with Gasteiger partial charge in [0.05, 0.1) is 10.6 Å². The summed E-state index contributed by atoms with van der Waals surface area (Å²) in [7, 11) is 0. The molecule has 0 amide bonds. The summed E-state index contributed by atoms with van der Waals surface area (Å²) in [4.78, 5) is 32.5. The highest BCUT2D eigenvalue weighted by atomic mass is 17.5. The molecule has 0 aliphatic heterocycles. The number of aryl methyl sites for hydroxylation is 1. The van der Waals surface area contributed by atoms with Crippen LogP contribution in [0.3, 0.4) is 0 Å². The summed E-state index contributed by atoms with van der Waals surface area (Å²) in [6, 6.07) is 7.09. The van der Waals surface area contributed by atoms with Gasteiger partial charge in [-0.25, -0.2) is 14.5 Å². The number of rotatable bonds is 8. The maximum absolute atomic E-state index is 11.9. The van der Waals surface area contributed by atoms with Crippen LogP contribution in [-0.2, 0) is 26.0 Å². The number of carbonyl (C=O) groups excluding carboxylic acids is 2. The van der Waals surface area contributed by atoms with Gasteiger partial charge in [0.2, 0.25) is 0 Å². The van der Waals surface area contributed by atoms with E-state index in [1.165, 1.54) is 12.8 Å². The minimum absolute atomic E-state index is 0.201. The summed E-state index contributed by atoms with van der Waals surface area (Å²) < 4.78 is 5.22. The van der Waals surface area contributed by atoms with Crippen LogP contribution in [0.4, 0.5) is 4.79 Å². The second-order valence-electron chi connectivity index (χ2n) is 7.48. The van der Waals surface area contributed by atoms with Gasteiger partial charge in [-0.2, -0.15) is 0 Å². The van der Waals surface area contributed by atoms with E-state index in [9.17, 15) is 9.59 Å². The molecule has 0 aromatic heterocycles. The molecule has 0 heterocycles. The van der Waals surface area contributed by atoms with E-state index >= 15 is 0 Å². The molecule has 6 nitrogen and oxygen atoms in total. The van der Waals surface area contributed by atoms with Crippen LogP contribution >= 0.6 is 0 Å². The molecule has 0 radical (unpaired) electrons. The Balaban J connectivity index is 1.68. The van der Waals surface area contributed by atoms with Gasteiger partial charge < -0.3 is 4.74 Å². The zero-order chi connectivity index (χ0) is 19.6. The van der Waals surface area contributed by atoms with Crippen LogP contribution in [0.1, 0.15) is 75.2 Å². The summed E-state index contributed by atoms with van der Waals surface area (Å²) in [5, 5.41) is 4.30. The fourth-order valence-electron chi connectivity index (χ4n) is 3.47. The Kier molecular flexibility index (Phi) is 8.58. The Morgan fingerprint density at radius 3 is 2.44 bits per heavy atom. The smallest absolute Gasteiger partial charge is 0.429 e. The normalized spacial score (nSPS) is 22.1. The minimum Gasteiger partial charge on any atom is -0.429 e. The molecular formula is C21H30O6. The van der Waals surface area contributed by atoms with Gasteiger partial charge in [-0.15, -0.1) is 0 Å². The fraction of sp³-hybridized carbons (Fsp3) is 0.619. The zero-order valence-corrected chi connectivity index (χ0v) is 16.4. The Morgan fingerprint density at radius 2 is 1.78 bits per heavy atom. The van der Waals surface area contributed by atoms with Crippen molar-refractivity contribution in [2.75, 3.05) is 0 Å². The van der Waals surface area contributed by atoms with Crippen LogP contribution in [0.5, 0.6) is 0 Å². The van der Waals surface area contributed by atoms with Gasteiger partial charge in [0.25, 0.3) is 0 Å². The van der Waals surface area contributed by atoms with Gasteiger partial charge in [0.15, 0.2) is 0 Å². The molecule has 1 aliphatic carbocycles. The molecule has 150 valence electrons. The first-order chi connectivity index (χ1) is 13.0. The second kappa shape index (κ2) is 10.9. The molecule has 2 rings (SSSR count). The van der Waals surface area contributed by atoms with E-state index < -0.39 is 12.1 Å². The summed E-state index contributed by atoms with van der Waals surface area (Å²) >= 11 is 0. The average Bonchev–Trinajstić information content (AvgIpc) is 2.65. The van der Waals surface area contributed by atoms with E-state index in [0.717, 1.165) is 37.7 Å². The number of ether oxygens (including phenoxy) is 1. The van der Waals surface area contributed by atoms with E-state index in [1.54, 1.807) is 12.1 Å². The first-order valence-electron chi connectivity index (χ1n) is 9.84. The number of hydrogen-bond acceptors (Lipinski definition) is 6. The van der Waals surface area contributed by atoms with Crippen molar-refractivity contribution in [3.63, 3.8) is 0 Å². The molecule has 3 unspecified atom stereocenters. The van der Waals surface area contributed by atoms with Crippen molar-refractivity contribution in [1.82, 2.24) is 0 Å². The molecule has 0 bridgehead atoms. The predicted molar refractivity (Wildman–Crippen MR) is 99.7 cm³/mol. The molecule has 1 aromatic rings. The second-order valence-corrected chi connectivity index (χ2v) is 7.48. The van der Waals surface area contributed by atoms with Crippen molar-refractivity contribution in [3.05, 3.63) is 35.4 Å². The molecule has 1 saturated carbocycles. The third kappa shape index (κ3) is 7.21. The lowest BCUT2D eigenvalue weighted by Gasteiger charge is -2.31. The van der Waals surface area contributed by atoms with E-state index in [1.807, 2.05) is 19.1 Å². The standard InChI is InChI=1S/C21H30O6/c1-4-5-6-7-17-9-11-18(12-10-17)20(22)25-27-26-21(23)24-19-13-8-15(2)14-16(19)3/h9-12,15-16,19H,4-8,13-14H2,1-3H3.